The lowest BCUT2D eigenvalue weighted by molar-refractivity contribution is -0.693. The van der Waals surface area contributed by atoms with Gasteiger partial charge >= 0.3 is 5.97 Å². The summed E-state index contributed by atoms with van der Waals surface area (Å²) in [5.74, 6) is -0.288. The number of hydrogen-bond donors (Lipinski definition) is 0. The fraction of sp³-hybridized carbons (Fsp3) is 0.364. The molecule has 0 saturated carbocycles. The molecule has 0 aliphatic carbocycles. The summed E-state index contributed by atoms with van der Waals surface area (Å²) in [4.78, 5) is 11.1. The lowest BCUT2D eigenvalue weighted by Gasteiger charge is -2.00. The van der Waals surface area contributed by atoms with Crippen LogP contribution in [0, 0.1) is 11.3 Å². The third-order valence-corrected chi connectivity index (χ3v) is 2.05. The molecule has 0 spiro atoms. The van der Waals surface area contributed by atoms with Crippen LogP contribution in [0.1, 0.15) is 12.1 Å². The van der Waals surface area contributed by atoms with Gasteiger partial charge in [0.25, 0.3) is 0 Å². The molecule has 0 N–H and O–H groups in total. The number of aromatic nitrogens is 1. The second kappa shape index (κ2) is 5.76. The predicted octanol–water partition coefficient (Wildman–Crippen LogP) is 0.603. The molecule has 0 aromatic carbocycles. The molecular weight excluding hydrogens is 192 g/mol. The van der Waals surface area contributed by atoms with Crippen molar-refractivity contribution in [2.75, 3.05) is 7.11 Å². The number of nitrogens with zero attached hydrogens (tertiary/aromatic N) is 2. The number of esters is 1. The summed E-state index contributed by atoms with van der Waals surface area (Å²) in [6.07, 6.45) is 2.91. The van der Waals surface area contributed by atoms with Crippen LogP contribution in [0.25, 0.3) is 0 Å². The zero-order valence-electron chi connectivity index (χ0n) is 8.64. The number of methoxy groups -OCH3 is 1. The van der Waals surface area contributed by atoms with Gasteiger partial charge < -0.3 is 4.74 Å². The molecular formula is C11H13N2O2+. The first-order valence-corrected chi connectivity index (χ1v) is 4.69. The number of aryl methyl sites for hydroxylation is 1. The first-order chi connectivity index (χ1) is 7.27. The van der Waals surface area contributed by atoms with Crippen LogP contribution in [-0.2, 0) is 22.5 Å². The van der Waals surface area contributed by atoms with Gasteiger partial charge in [-0.1, -0.05) is 6.07 Å². The van der Waals surface area contributed by atoms with Crippen molar-refractivity contribution in [2.45, 2.75) is 19.4 Å². The van der Waals surface area contributed by atoms with Gasteiger partial charge in [-0.05, 0) is 0 Å². The highest BCUT2D eigenvalue weighted by molar-refractivity contribution is 5.67. The second-order valence-corrected chi connectivity index (χ2v) is 3.05. The number of pyridine rings is 1. The number of rotatable bonds is 4. The Morgan fingerprint density at radius 2 is 2.40 bits per heavy atom. The Labute approximate surface area is 88.7 Å². The molecule has 1 aromatic rings. The van der Waals surface area contributed by atoms with Crippen LogP contribution in [0.5, 0.6) is 0 Å². The molecule has 0 fully saturated rings. The van der Waals surface area contributed by atoms with Crippen LogP contribution in [0.2, 0.25) is 0 Å². The second-order valence-electron chi connectivity index (χ2n) is 3.05. The molecule has 0 atom stereocenters. The van der Waals surface area contributed by atoms with Crippen LogP contribution < -0.4 is 4.57 Å². The quantitative estimate of drug-likeness (QED) is 0.534. The van der Waals surface area contributed by atoms with E-state index in [9.17, 15) is 4.79 Å². The Morgan fingerprint density at radius 1 is 1.60 bits per heavy atom. The lowest BCUT2D eigenvalue weighted by atomic mass is 10.2. The van der Waals surface area contributed by atoms with Crippen molar-refractivity contribution < 1.29 is 14.1 Å². The van der Waals surface area contributed by atoms with E-state index in [2.05, 4.69) is 10.8 Å². The Hall–Kier alpha value is -1.89. The molecule has 0 radical (unpaired) electrons. The summed E-state index contributed by atoms with van der Waals surface area (Å²) >= 11 is 0. The van der Waals surface area contributed by atoms with Crippen LogP contribution in [0.3, 0.4) is 0 Å². The Balaban J connectivity index is 2.77. The standard InChI is InChI=1S/C11H13N2O2/c1-15-11(14)9-13-8-3-2-5-10(13)6-4-7-12/h2-3,5,8H,4,6,9H2,1H3/q+1. The summed E-state index contributed by atoms with van der Waals surface area (Å²) in [6.45, 7) is 0.193. The minimum Gasteiger partial charge on any atom is -0.464 e. The number of carbonyl (C=O) groups excluding carboxylic acids is 1. The largest absolute Gasteiger partial charge is 0.464 e. The van der Waals surface area contributed by atoms with E-state index in [-0.39, 0.29) is 12.5 Å². The zero-order chi connectivity index (χ0) is 11.1. The van der Waals surface area contributed by atoms with E-state index in [1.807, 2.05) is 24.4 Å². The van der Waals surface area contributed by atoms with Crippen LogP contribution in [0.4, 0.5) is 0 Å². The molecule has 1 heterocycles. The number of ether oxygens (including phenoxy) is 1. The molecule has 78 valence electrons. The fourth-order valence-corrected chi connectivity index (χ4v) is 1.28. The summed E-state index contributed by atoms with van der Waals surface area (Å²) in [5.41, 5.74) is 0.962. The molecule has 1 aromatic heterocycles. The summed E-state index contributed by atoms with van der Waals surface area (Å²) in [7, 11) is 1.36. The Morgan fingerprint density at radius 3 is 3.07 bits per heavy atom. The molecule has 4 nitrogen and oxygen atoms in total. The highest BCUT2D eigenvalue weighted by atomic mass is 16.5. The maximum atomic E-state index is 11.1. The van der Waals surface area contributed by atoms with Gasteiger partial charge in [-0.15, -0.1) is 0 Å². The summed E-state index contributed by atoms with van der Waals surface area (Å²) in [6, 6.07) is 7.72. The molecule has 4 heteroatoms. The molecule has 0 amide bonds. The van der Waals surface area contributed by atoms with Crippen molar-refractivity contribution in [3.8, 4) is 6.07 Å². The van der Waals surface area contributed by atoms with E-state index in [0.717, 1.165) is 5.69 Å². The topological polar surface area (TPSA) is 54.0 Å². The van der Waals surface area contributed by atoms with Crippen LogP contribution in [-0.4, -0.2) is 13.1 Å². The van der Waals surface area contributed by atoms with Crippen molar-refractivity contribution in [3.63, 3.8) is 0 Å². The van der Waals surface area contributed by atoms with Crippen molar-refractivity contribution >= 4 is 5.97 Å². The number of nitriles is 1. The normalized spacial score (nSPS) is 9.33. The maximum absolute atomic E-state index is 11.1. The molecule has 0 bridgehead atoms. The average molecular weight is 205 g/mol. The van der Waals surface area contributed by atoms with Gasteiger partial charge in [-0.2, -0.15) is 9.83 Å². The zero-order valence-corrected chi connectivity index (χ0v) is 8.64. The summed E-state index contributed by atoms with van der Waals surface area (Å²) < 4.78 is 6.38. The first-order valence-electron chi connectivity index (χ1n) is 4.69. The van der Waals surface area contributed by atoms with Gasteiger partial charge in [-0.3, -0.25) is 0 Å². The number of carbonyl (C=O) groups is 1. The predicted molar refractivity (Wildman–Crippen MR) is 52.6 cm³/mol. The van der Waals surface area contributed by atoms with Gasteiger partial charge in [0, 0.05) is 25.0 Å². The van der Waals surface area contributed by atoms with E-state index in [1.54, 1.807) is 4.57 Å². The van der Waals surface area contributed by atoms with E-state index in [0.29, 0.717) is 12.8 Å². The minimum absolute atomic E-state index is 0.193. The van der Waals surface area contributed by atoms with E-state index in [1.165, 1.54) is 7.11 Å². The molecule has 0 saturated heterocycles. The van der Waals surface area contributed by atoms with Gasteiger partial charge in [0.15, 0.2) is 11.9 Å². The Kier molecular flexibility index (Phi) is 4.30. The van der Waals surface area contributed by atoms with Crippen LogP contribution in [0.15, 0.2) is 24.4 Å². The fourth-order valence-electron chi connectivity index (χ4n) is 1.28. The molecule has 1 rings (SSSR count). The highest BCUT2D eigenvalue weighted by Crippen LogP contribution is 1.96. The van der Waals surface area contributed by atoms with Crippen molar-refractivity contribution in [2.24, 2.45) is 0 Å². The van der Waals surface area contributed by atoms with E-state index < -0.39 is 0 Å². The van der Waals surface area contributed by atoms with E-state index >= 15 is 0 Å². The smallest absolute Gasteiger partial charge is 0.372 e. The maximum Gasteiger partial charge on any atom is 0.372 e. The minimum atomic E-state index is -0.288. The van der Waals surface area contributed by atoms with Crippen LogP contribution >= 0.6 is 0 Å². The van der Waals surface area contributed by atoms with Crippen molar-refractivity contribution in [1.29, 1.82) is 5.26 Å². The molecule has 0 unspecified atom stereocenters. The number of hydrogen-bond acceptors (Lipinski definition) is 3. The average Bonchev–Trinajstić information content (AvgIpc) is 2.28. The van der Waals surface area contributed by atoms with Gasteiger partial charge in [0.2, 0.25) is 6.54 Å². The van der Waals surface area contributed by atoms with E-state index in [4.69, 9.17) is 5.26 Å². The lowest BCUT2D eigenvalue weighted by Crippen LogP contribution is -2.41. The Bertz CT molecular complexity index is 382. The van der Waals surface area contributed by atoms with Crippen molar-refractivity contribution in [1.82, 2.24) is 0 Å². The van der Waals surface area contributed by atoms with Gasteiger partial charge in [-0.25, -0.2) is 4.79 Å². The SMILES string of the molecule is COC(=O)C[n+]1ccccc1CCC#N. The molecule has 15 heavy (non-hydrogen) atoms. The summed E-state index contributed by atoms with van der Waals surface area (Å²) in [5, 5.41) is 8.50. The monoisotopic (exact) mass is 205 g/mol. The molecule has 0 aliphatic heterocycles. The third kappa shape index (κ3) is 3.39. The first kappa shape index (κ1) is 11.2. The third-order valence-electron chi connectivity index (χ3n) is 2.05. The van der Waals surface area contributed by atoms with Gasteiger partial charge in [0.1, 0.15) is 0 Å². The molecule has 0 aliphatic rings. The van der Waals surface area contributed by atoms with Crippen molar-refractivity contribution in [3.05, 3.63) is 30.1 Å². The van der Waals surface area contributed by atoms with Gasteiger partial charge in [0.05, 0.1) is 13.2 Å². The highest BCUT2D eigenvalue weighted by Gasteiger charge is 2.13.